The van der Waals surface area contributed by atoms with E-state index in [-0.39, 0.29) is 42.4 Å². The molecule has 0 aromatic heterocycles. The van der Waals surface area contributed by atoms with Gasteiger partial charge >= 0.3 is 5.97 Å². The molecule has 0 unspecified atom stereocenters. The predicted octanol–water partition coefficient (Wildman–Crippen LogP) is 2.71. The number of carbonyl (C=O) groups is 1. The van der Waals surface area contributed by atoms with Crippen molar-refractivity contribution >= 4 is 16.0 Å². The summed E-state index contributed by atoms with van der Waals surface area (Å²) in [4.78, 5) is 12.4. The monoisotopic (exact) mass is 414 g/mol. The van der Waals surface area contributed by atoms with E-state index in [9.17, 15) is 13.2 Å². The van der Waals surface area contributed by atoms with Crippen LogP contribution in [0.4, 0.5) is 0 Å². The molecule has 1 aliphatic rings. The van der Waals surface area contributed by atoms with Crippen LogP contribution in [-0.4, -0.2) is 44.0 Å². The fourth-order valence-electron chi connectivity index (χ4n) is 3.22. The van der Waals surface area contributed by atoms with Gasteiger partial charge in [0.2, 0.25) is 10.0 Å². The van der Waals surface area contributed by atoms with Crippen molar-refractivity contribution in [3.8, 4) is 6.07 Å². The van der Waals surface area contributed by atoms with Gasteiger partial charge in [0.1, 0.15) is 6.61 Å². The second-order valence-corrected chi connectivity index (χ2v) is 8.89. The Hall–Kier alpha value is -2.73. The van der Waals surface area contributed by atoms with Crippen molar-refractivity contribution in [3.63, 3.8) is 0 Å². The Kier molecular flexibility index (Phi) is 6.33. The van der Waals surface area contributed by atoms with Crippen molar-refractivity contribution in [2.45, 2.75) is 37.6 Å². The highest BCUT2D eigenvalue weighted by Gasteiger charge is 2.32. The molecule has 2 aromatic rings. The second-order valence-electron chi connectivity index (χ2n) is 6.95. The van der Waals surface area contributed by atoms with E-state index >= 15 is 0 Å². The van der Waals surface area contributed by atoms with E-state index < -0.39 is 16.0 Å². The first kappa shape index (κ1) is 21.0. The zero-order valence-corrected chi connectivity index (χ0v) is 17.1. The van der Waals surface area contributed by atoms with Crippen LogP contribution in [0.1, 0.15) is 35.3 Å². The van der Waals surface area contributed by atoms with Crippen LogP contribution in [0.15, 0.2) is 53.4 Å². The molecule has 2 aromatic carbocycles. The summed E-state index contributed by atoms with van der Waals surface area (Å²) in [5, 5.41) is 9.09. The van der Waals surface area contributed by atoms with Crippen molar-refractivity contribution in [2.24, 2.45) is 0 Å². The van der Waals surface area contributed by atoms with Gasteiger partial charge in [-0.1, -0.05) is 18.2 Å². The molecule has 8 heteroatoms. The van der Waals surface area contributed by atoms with Gasteiger partial charge in [0, 0.05) is 18.7 Å². The van der Waals surface area contributed by atoms with Crippen molar-refractivity contribution < 1.29 is 22.7 Å². The average Bonchev–Trinajstić information content (AvgIpc) is 2.71. The number of hydrogen-bond acceptors (Lipinski definition) is 6. The van der Waals surface area contributed by atoms with Crippen LogP contribution in [0.5, 0.6) is 0 Å². The summed E-state index contributed by atoms with van der Waals surface area (Å²) < 4.78 is 38.0. The molecule has 0 saturated carbocycles. The molecule has 0 spiro atoms. The van der Waals surface area contributed by atoms with Crippen molar-refractivity contribution in [1.29, 1.82) is 5.26 Å². The van der Waals surface area contributed by atoms with Gasteiger partial charge < -0.3 is 9.47 Å². The topological polar surface area (TPSA) is 96.7 Å². The molecule has 2 atom stereocenters. The Morgan fingerprint density at radius 2 is 1.76 bits per heavy atom. The minimum Gasteiger partial charge on any atom is -0.457 e. The Bertz CT molecular complexity index is 1020. The van der Waals surface area contributed by atoms with E-state index in [4.69, 9.17) is 14.7 Å². The van der Waals surface area contributed by atoms with Gasteiger partial charge in [0.15, 0.2) is 0 Å². The third kappa shape index (κ3) is 4.82. The average molecular weight is 414 g/mol. The lowest BCUT2D eigenvalue weighted by Gasteiger charge is -2.34. The minimum atomic E-state index is -3.67. The summed E-state index contributed by atoms with van der Waals surface area (Å²) in [6.07, 6.45) is -0.363. The van der Waals surface area contributed by atoms with Crippen LogP contribution in [-0.2, 0) is 26.1 Å². The molecular formula is C21H22N2O5S. The molecule has 0 aliphatic carbocycles. The molecular weight excluding hydrogens is 392 g/mol. The lowest BCUT2D eigenvalue weighted by atomic mass is 10.1. The first-order valence-corrected chi connectivity index (χ1v) is 10.7. The number of carbonyl (C=O) groups excluding carboxylic acids is 1. The fraction of sp³-hybridized carbons (Fsp3) is 0.333. The molecule has 7 nitrogen and oxygen atoms in total. The summed E-state index contributed by atoms with van der Waals surface area (Å²) in [6, 6.07) is 14.6. The number of rotatable bonds is 5. The third-order valence-electron chi connectivity index (χ3n) is 4.61. The maximum atomic E-state index is 12.9. The van der Waals surface area contributed by atoms with Gasteiger partial charge in [-0.15, -0.1) is 0 Å². The lowest BCUT2D eigenvalue weighted by molar-refractivity contribution is -0.0440. The summed E-state index contributed by atoms with van der Waals surface area (Å²) >= 11 is 0. The van der Waals surface area contributed by atoms with Crippen LogP contribution >= 0.6 is 0 Å². The molecule has 1 fully saturated rings. The Labute approximate surface area is 170 Å². The molecule has 1 saturated heterocycles. The van der Waals surface area contributed by atoms with E-state index in [2.05, 4.69) is 0 Å². The van der Waals surface area contributed by atoms with Gasteiger partial charge in [0.05, 0.1) is 34.3 Å². The quantitative estimate of drug-likeness (QED) is 0.698. The summed E-state index contributed by atoms with van der Waals surface area (Å²) in [5.74, 6) is -0.588. The van der Waals surface area contributed by atoms with E-state index in [0.29, 0.717) is 11.1 Å². The Balaban J connectivity index is 1.69. The molecule has 0 N–H and O–H groups in total. The molecule has 152 valence electrons. The number of nitrogens with zero attached hydrogens (tertiary/aromatic N) is 2. The van der Waals surface area contributed by atoms with Crippen LogP contribution in [0, 0.1) is 11.3 Å². The normalized spacial score (nSPS) is 20.0. The predicted molar refractivity (Wildman–Crippen MR) is 105 cm³/mol. The van der Waals surface area contributed by atoms with Crippen molar-refractivity contribution in [2.75, 3.05) is 13.1 Å². The highest BCUT2D eigenvalue weighted by Crippen LogP contribution is 2.22. The van der Waals surface area contributed by atoms with Gasteiger partial charge in [0.25, 0.3) is 0 Å². The van der Waals surface area contributed by atoms with E-state index in [1.165, 1.54) is 28.6 Å². The first-order chi connectivity index (χ1) is 13.8. The minimum absolute atomic E-state index is 0.0355. The van der Waals surface area contributed by atoms with E-state index in [1.807, 2.05) is 19.9 Å². The van der Waals surface area contributed by atoms with Crippen LogP contribution < -0.4 is 0 Å². The van der Waals surface area contributed by atoms with Gasteiger partial charge in [-0.2, -0.15) is 9.57 Å². The Morgan fingerprint density at radius 3 is 2.38 bits per heavy atom. The smallest absolute Gasteiger partial charge is 0.338 e. The lowest BCUT2D eigenvalue weighted by Crippen LogP contribution is -2.48. The number of benzene rings is 2. The molecule has 29 heavy (non-hydrogen) atoms. The number of ether oxygens (including phenoxy) is 2. The second kappa shape index (κ2) is 8.74. The maximum absolute atomic E-state index is 12.9. The van der Waals surface area contributed by atoms with E-state index in [0.717, 1.165) is 0 Å². The maximum Gasteiger partial charge on any atom is 0.338 e. The Morgan fingerprint density at radius 1 is 1.14 bits per heavy atom. The molecule has 0 radical (unpaired) electrons. The SMILES string of the molecule is C[C@@H]1CN(S(=O)(=O)c2ccc(C(=O)OCc3ccccc3C#N)cc2)C[C@H](C)O1. The summed E-state index contributed by atoms with van der Waals surface area (Å²) in [6.45, 7) is 4.21. The molecule has 1 heterocycles. The number of hydrogen-bond donors (Lipinski definition) is 0. The van der Waals surface area contributed by atoms with Gasteiger partial charge in [-0.3, -0.25) is 0 Å². The fourth-order valence-corrected chi connectivity index (χ4v) is 4.81. The van der Waals surface area contributed by atoms with Gasteiger partial charge in [-0.25, -0.2) is 13.2 Å². The highest BCUT2D eigenvalue weighted by molar-refractivity contribution is 7.89. The number of morpholine rings is 1. The number of sulfonamides is 1. The van der Waals surface area contributed by atoms with E-state index in [1.54, 1.807) is 24.3 Å². The molecule has 0 bridgehead atoms. The van der Waals surface area contributed by atoms with Crippen LogP contribution in [0.2, 0.25) is 0 Å². The van der Waals surface area contributed by atoms with Crippen molar-refractivity contribution in [1.82, 2.24) is 4.31 Å². The molecule has 1 aliphatic heterocycles. The number of esters is 1. The first-order valence-electron chi connectivity index (χ1n) is 9.22. The van der Waals surface area contributed by atoms with Crippen LogP contribution in [0.3, 0.4) is 0 Å². The third-order valence-corrected chi connectivity index (χ3v) is 6.46. The standard InChI is InChI=1S/C21H22N2O5S/c1-15-12-23(13-16(2)28-15)29(25,26)20-9-7-17(8-10-20)21(24)27-14-19-6-4-3-5-18(19)11-22/h3-10,15-16H,12-14H2,1-2H3/t15-,16+. The largest absolute Gasteiger partial charge is 0.457 e. The molecule has 0 amide bonds. The number of nitriles is 1. The summed E-state index contributed by atoms with van der Waals surface area (Å²) in [7, 11) is -3.67. The zero-order chi connectivity index (χ0) is 21.0. The molecule has 3 rings (SSSR count). The van der Waals surface area contributed by atoms with Crippen LogP contribution in [0.25, 0.3) is 0 Å². The van der Waals surface area contributed by atoms with Crippen molar-refractivity contribution in [3.05, 3.63) is 65.2 Å². The zero-order valence-electron chi connectivity index (χ0n) is 16.2. The summed E-state index contributed by atoms with van der Waals surface area (Å²) in [5.41, 5.74) is 1.29. The van der Waals surface area contributed by atoms with Gasteiger partial charge in [-0.05, 0) is 44.2 Å². The highest BCUT2D eigenvalue weighted by atomic mass is 32.2.